The Kier molecular flexibility index (Phi) is 4.59. The van der Waals surface area contributed by atoms with Crippen LogP contribution in [0.2, 0.25) is 0 Å². The number of hydrogen-bond donors (Lipinski definition) is 1. The van der Waals surface area contributed by atoms with E-state index in [4.69, 9.17) is 9.47 Å². The van der Waals surface area contributed by atoms with E-state index in [-0.39, 0.29) is 24.4 Å². The third-order valence-corrected chi connectivity index (χ3v) is 6.24. The highest BCUT2D eigenvalue weighted by Crippen LogP contribution is 2.37. The number of nitrogens with zero attached hydrogens (tertiary/aromatic N) is 1. The molecule has 0 saturated carbocycles. The lowest BCUT2D eigenvalue weighted by Crippen LogP contribution is -2.35. The molecule has 0 aliphatic carbocycles. The Morgan fingerprint density at radius 2 is 1.83 bits per heavy atom. The average molecular weight is 343 g/mol. The molecular formula is C15H21NO6S. The molecule has 1 heterocycles. The van der Waals surface area contributed by atoms with Crippen LogP contribution in [0.5, 0.6) is 11.5 Å². The zero-order valence-corrected chi connectivity index (χ0v) is 14.4. The number of hydrogen-bond acceptors (Lipinski definition) is 5. The van der Waals surface area contributed by atoms with Gasteiger partial charge in [0.15, 0.2) is 11.5 Å². The first-order valence-electron chi connectivity index (χ1n) is 7.12. The molecule has 0 amide bonds. The maximum Gasteiger partial charge on any atom is 0.310 e. The van der Waals surface area contributed by atoms with Gasteiger partial charge in [-0.25, -0.2) is 8.42 Å². The Balaban J connectivity index is 2.43. The van der Waals surface area contributed by atoms with Crippen molar-refractivity contribution in [3.8, 4) is 11.5 Å². The van der Waals surface area contributed by atoms with E-state index in [2.05, 4.69) is 0 Å². The first-order chi connectivity index (χ1) is 10.7. The molecule has 1 saturated heterocycles. The van der Waals surface area contributed by atoms with Gasteiger partial charge in [0, 0.05) is 19.2 Å². The van der Waals surface area contributed by atoms with Crippen LogP contribution in [0.4, 0.5) is 0 Å². The summed E-state index contributed by atoms with van der Waals surface area (Å²) < 4.78 is 37.3. The molecular weight excluding hydrogens is 322 g/mol. The van der Waals surface area contributed by atoms with Gasteiger partial charge in [0.1, 0.15) is 0 Å². The molecule has 23 heavy (non-hydrogen) atoms. The van der Waals surface area contributed by atoms with Crippen molar-refractivity contribution < 1.29 is 27.8 Å². The molecule has 0 bridgehead atoms. The van der Waals surface area contributed by atoms with Gasteiger partial charge in [0.25, 0.3) is 0 Å². The first-order valence-corrected chi connectivity index (χ1v) is 8.56. The van der Waals surface area contributed by atoms with Crippen LogP contribution in [0.15, 0.2) is 17.0 Å². The molecule has 1 aliphatic heterocycles. The Morgan fingerprint density at radius 3 is 2.30 bits per heavy atom. The molecule has 1 aromatic carbocycles. The lowest BCUT2D eigenvalue weighted by Gasteiger charge is -2.21. The average Bonchev–Trinajstić information content (AvgIpc) is 2.91. The summed E-state index contributed by atoms with van der Waals surface area (Å²) in [7, 11) is -0.889. The Bertz CT molecular complexity index is 730. The molecule has 0 aromatic heterocycles. The van der Waals surface area contributed by atoms with E-state index in [0.29, 0.717) is 17.1 Å². The number of carbonyl (C=O) groups is 1. The number of carboxylic acid groups (broad SMARTS) is 1. The largest absolute Gasteiger partial charge is 0.493 e. The van der Waals surface area contributed by atoms with E-state index < -0.39 is 21.4 Å². The number of methoxy groups -OCH3 is 2. The van der Waals surface area contributed by atoms with Crippen molar-refractivity contribution in [2.45, 2.75) is 25.2 Å². The smallest absolute Gasteiger partial charge is 0.310 e. The number of sulfonamides is 1. The van der Waals surface area contributed by atoms with Crippen LogP contribution in [0.1, 0.15) is 18.9 Å². The second-order valence-corrected chi connectivity index (χ2v) is 7.83. The van der Waals surface area contributed by atoms with E-state index in [1.54, 1.807) is 19.9 Å². The van der Waals surface area contributed by atoms with Crippen molar-refractivity contribution in [1.29, 1.82) is 0 Å². The number of aryl methyl sites for hydroxylation is 1. The van der Waals surface area contributed by atoms with Crippen LogP contribution in [0.25, 0.3) is 0 Å². The summed E-state index contributed by atoms with van der Waals surface area (Å²) in [4.78, 5) is 11.4. The molecule has 8 heteroatoms. The normalized spacial score (nSPS) is 22.1. The van der Waals surface area contributed by atoms with Crippen LogP contribution >= 0.6 is 0 Å². The van der Waals surface area contributed by atoms with Gasteiger partial charge < -0.3 is 14.6 Å². The van der Waals surface area contributed by atoms with Crippen molar-refractivity contribution in [2.24, 2.45) is 5.41 Å². The van der Waals surface area contributed by atoms with Gasteiger partial charge in [0.05, 0.1) is 24.5 Å². The van der Waals surface area contributed by atoms with E-state index in [1.165, 1.54) is 24.6 Å². The second-order valence-electron chi connectivity index (χ2n) is 5.93. The van der Waals surface area contributed by atoms with Gasteiger partial charge in [0.2, 0.25) is 10.0 Å². The highest BCUT2D eigenvalue weighted by Gasteiger charge is 2.45. The maximum atomic E-state index is 12.9. The van der Waals surface area contributed by atoms with Gasteiger partial charge in [-0.2, -0.15) is 4.31 Å². The summed E-state index contributed by atoms with van der Waals surface area (Å²) >= 11 is 0. The predicted molar refractivity (Wildman–Crippen MR) is 83.4 cm³/mol. The molecule has 0 radical (unpaired) electrons. The van der Waals surface area contributed by atoms with E-state index in [1.807, 2.05) is 0 Å². The van der Waals surface area contributed by atoms with Crippen molar-refractivity contribution in [1.82, 2.24) is 4.31 Å². The molecule has 1 unspecified atom stereocenters. The zero-order valence-electron chi connectivity index (χ0n) is 13.6. The predicted octanol–water partition coefficient (Wildman–Crippen LogP) is 1.50. The fourth-order valence-electron chi connectivity index (χ4n) is 2.68. The molecule has 1 aliphatic rings. The van der Waals surface area contributed by atoms with Gasteiger partial charge >= 0.3 is 5.97 Å². The topological polar surface area (TPSA) is 93.1 Å². The summed E-state index contributed by atoms with van der Waals surface area (Å²) in [5.41, 5.74) is -0.538. The van der Waals surface area contributed by atoms with Crippen LogP contribution in [0, 0.1) is 12.3 Å². The van der Waals surface area contributed by atoms with Crippen LogP contribution < -0.4 is 9.47 Å². The molecule has 128 valence electrons. The van der Waals surface area contributed by atoms with E-state index >= 15 is 0 Å². The van der Waals surface area contributed by atoms with Gasteiger partial charge in [-0.15, -0.1) is 0 Å². The number of ether oxygens (including phenoxy) is 2. The summed E-state index contributed by atoms with van der Waals surface area (Å²) in [6.07, 6.45) is 0.286. The quantitative estimate of drug-likeness (QED) is 0.871. The highest BCUT2D eigenvalue weighted by atomic mass is 32.2. The van der Waals surface area contributed by atoms with Crippen molar-refractivity contribution in [3.63, 3.8) is 0 Å². The van der Waals surface area contributed by atoms with E-state index in [9.17, 15) is 18.3 Å². The van der Waals surface area contributed by atoms with Gasteiger partial charge in [-0.05, 0) is 31.9 Å². The van der Waals surface area contributed by atoms with Gasteiger partial charge in [-0.1, -0.05) is 0 Å². The Morgan fingerprint density at radius 1 is 1.26 bits per heavy atom. The van der Waals surface area contributed by atoms with Crippen LogP contribution in [0.3, 0.4) is 0 Å². The lowest BCUT2D eigenvalue weighted by atomic mass is 9.90. The molecule has 1 aromatic rings. The molecule has 0 spiro atoms. The van der Waals surface area contributed by atoms with Gasteiger partial charge in [-0.3, -0.25) is 4.79 Å². The monoisotopic (exact) mass is 343 g/mol. The fourth-order valence-corrected chi connectivity index (χ4v) is 4.46. The summed E-state index contributed by atoms with van der Waals surface area (Å²) in [6, 6.07) is 3.01. The Hall–Kier alpha value is -1.80. The molecule has 1 fully saturated rings. The van der Waals surface area contributed by atoms with Crippen LogP contribution in [-0.4, -0.2) is 51.1 Å². The minimum atomic E-state index is -3.80. The second kappa shape index (κ2) is 6.01. The summed E-state index contributed by atoms with van der Waals surface area (Å²) in [6.45, 7) is 3.37. The third-order valence-electron chi connectivity index (χ3n) is 4.25. The molecule has 7 nitrogen and oxygen atoms in total. The third kappa shape index (κ3) is 3.00. The first kappa shape index (κ1) is 17.6. The standard InChI is InChI=1S/C15H21NO6S/c1-10-7-11(21-3)12(22-4)8-13(10)23(19,20)16-6-5-15(2,9-16)14(17)18/h7-8H,5-6,9H2,1-4H3,(H,17,18). The minimum absolute atomic E-state index is 0.0432. The van der Waals surface area contributed by atoms with Crippen LogP contribution in [-0.2, 0) is 14.8 Å². The number of rotatable bonds is 5. The number of aliphatic carboxylic acids is 1. The van der Waals surface area contributed by atoms with Crippen molar-refractivity contribution >= 4 is 16.0 Å². The fraction of sp³-hybridized carbons (Fsp3) is 0.533. The van der Waals surface area contributed by atoms with Crippen molar-refractivity contribution in [3.05, 3.63) is 17.7 Å². The highest BCUT2D eigenvalue weighted by molar-refractivity contribution is 7.89. The summed E-state index contributed by atoms with van der Waals surface area (Å²) in [5, 5.41) is 9.27. The van der Waals surface area contributed by atoms with Crippen molar-refractivity contribution in [2.75, 3.05) is 27.3 Å². The number of carboxylic acids is 1. The Labute approximate surface area is 135 Å². The summed E-state index contributed by atoms with van der Waals surface area (Å²) in [5.74, 6) is -0.225. The lowest BCUT2D eigenvalue weighted by molar-refractivity contribution is -0.146. The zero-order chi connectivity index (χ0) is 17.4. The molecule has 2 rings (SSSR count). The SMILES string of the molecule is COc1cc(C)c(S(=O)(=O)N2CCC(C)(C(=O)O)C2)cc1OC. The molecule has 1 atom stereocenters. The molecule has 1 N–H and O–H groups in total. The minimum Gasteiger partial charge on any atom is -0.493 e. The number of benzene rings is 1. The van der Waals surface area contributed by atoms with E-state index in [0.717, 1.165) is 0 Å². The maximum absolute atomic E-state index is 12.9.